The maximum absolute atomic E-state index is 12.1. The Bertz CT molecular complexity index is 727. The molecule has 1 amide bonds. The van der Waals surface area contributed by atoms with Gasteiger partial charge in [-0.05, 0) is 32.0 Å². The second-order valence-corrected chi connectivity index (χ2v) is 6.75. The van der Waals surface area contributed by atoms with Gasteiger partial charge in [0.2, 0.25) is 5.91 Å². The molecule has 0 saturated heterocycles. The number of hydrogen-bond donors (Lipinski definition) is 1. The molecule has 0 bridgehead atoms. The van der Waals surface area contributed by atoms with Gasteiger partial charge in [0.1, 0.15) is 0 Å². The van der Waals surface area contributed by atoms with Gasteiger partial charge in [-0.15, -0.1) is 11.3 Å². The van der Waals surface area contributed by atoms with Gasteiger partial charge >= 0.3 is 5.97 Å². The van der Waals surface area contributed by atoms with Gasteiger partial charge in [-0.1, -0.05) is 24.6 Å². The van der Waals surface area contributed by atoms with Gasteiger partial charge in [0, 0.05) is 18.8 Å². The summed E-state index contributed by atoms with van der Waals surface area (Å²) in [6.07, 6.45) is 0.868. The van der Waals surface area contributed by atoms with Gasteiger partial charge in [0.05, 0.1) is 17.9 Å². The molecule has 1 aromatic heterocycles. The van der Waals surface area contributed by atoms with Crippen LogP contribution in [0, 0.1) is 6.92 Å². The van der Waals surface area contributed by atoms with Crippen LogP contribution in [0.3, 0.4) is 0 Å². The molecular formula is C18H23N3O3S. The molecule has 0 aliphatic heterocycles. The number of aryl methyl sites for hydroxylation is 1. The Morgan fingerprint density at radius 1 is 1.24 bits per heavy atom. The highest BCUT2D eigenvalue weighted by atomic mass is 32.1. The Morgan fingerprint density at radius 3 is 2.48 bits per heavy atom. The van der Waals surface area contributed by atoms with Crippen LogP contribution in [0.25, 0.3) is 0 Å². The predicted octanol–water partition coefficient (Wildman–Crippen LogP) is 3.43. The minimum atomic E-state index is -0.853. The summed E-state index contributed by atoms with van der Waals surface area (Å²) in [6, 6.07) is 7.70. The van der Waals surface area contributed by atoms with Crippen LogP contribution in [0.4, 0.5) is 10.8 Å². The van der Waals surface area contributed by atoms with Crippen molar-refractivity contribution in [3.8, 4) is 0 Å². The van der Waals surface area contributed by atoms with E-state index in [1.807, 2.05) is 48.4 Å². The van der Waals surface area contributed by atoms with Crippen molar-refractivity contribution in [2.45, 2.75) is 33.7 Å². The number of aliphatic carboxylic acids is 1. The van der Waals surface area contributed by atoms with Gasteiger partial charge in [-0.3, -0.25) is 19.4 Å². The molecule has 7 heteroatoms. The molecule has 0 radical (unpaired) electrons. The molecule has 2 aromatic rings. The fraction of sp³-hybridized carbons (Fsp3) is 0.389. The summed E-state index contributed by atoms with van der Waals surface area (Å²) in [5, 5.41) is 11.5. The Kier molecular flexibility index (Phi) is 6.66. The summed E-state index contributed by atoms with van der Waals surface area (Å²) < 4.78 is 0. The molecule has 0 aliphatic rings. The monoisotopic (exact) mass is 361 g/mol. The minimum absolute atomic E-state index is 0.0188. The molecule has 0 aliphatic carbocycles. The Hall–Kier alpha value is -2.25. The van der Waals surface area contributed by atoms with Crippen LogP contribution in [-0.4, -0.2) is 40.0 Å². The number of rotatable bonds is 8. The van der Waals surface area contributed by atoms with Crippen molar-refractivity contribution in [1.29, 1.82) is 0 Å². The Labute approximate surface area is 151 Å². The second kappa shape index (κ2) is 8.73. The highest BCUT2D eigenvalue weighted by Gasteiger charge is 2.19. The summed E-state index contributed by atoms with van der Waals surface area (Å²) >= 11 is 1.38. The van der Waals surface area contributed by atoms with E-state index in [1.54, 1.807) is 4.90 Å². The molecule has 0 unspecified atom stereocenters. The lowest BCUT2D eigenvalue weighted by Gasteiger charge is -2.19. The molecule has 0 saturated carbocycles. The summed E-state index contributed by atoms with van der Waals surface area (Å²) in [6.45, 7) is 6.64. The maximum Gasteiger partial charge on any atom is 0.317 e. The number of carbonyl (C=O) groups excluding carboxylic acids is 1. The van der Waals surface area contributed by atoms with Crippen molar-refractivity contribution in [2.75, 3.05) is 18.0 Å². The first-order valence-corrected chi connectivity index (χ1v) is 9.04. The quantitative estimate of drug-likeness (QED) is 0.780. The summed E-state index contributed by atoms with van der Waals surface area (Å²) in [4.78, 5) is 31.1. The molecule has 1 N–H and O–H groups in total. The van der Waals surface area contributed by atoms with E-state index in [2.05, 4.69) is 4.98 Å². The van der Waals surface area contributed by atoms with Crippen molar-refractivity contribution in [2.24, 2.45) is 0 Å². The van der Waals surface area contributed by atoms with Gasteiger partial charge in [-0.2, -0.15) is 0 Å². The summed E-state index contributed by atoms with van der Waals surface area (Å²) in [5.41, 5.74) is 2.67. The third-order valence-corrected chi connectivity index (χ3v) is 4.50. The van der Waals surface area contributed by atoms with Crippen molar-refractivity contribution >= 4 is 34.0 Å². The van der Waals surface area contributed by atoms with Crippen LogP contribution in [0.2, 0.25) is 0 Å². The topological polar surface area (TPSA) is 73.7 Å². The largest absolute Gasteiger partial charge is 0.480 e. The van der Waals surface area contributed by atoms with Crippen LogP contribution in [-0.2, 0) is 16.1 Å². The molecule has 1 aromatic carbocycles. The molecule has 25 heavy (non-hydrogen) atoms. The standard InChI is InChI=1S/C18H23N3O3S/c1-4-9-20(11-17(23)24)10-15-12-25-18(19-15)21(14(3)22)16-7-5-13(2)6-8-16/h5-8,12H,4,9-11H2,1-3H3,(H,23,24). The van der Waals surface area contributed by atoms with Gasteiger partial charge < -0.3 is 5.11 Å². The smallest absolute Gasteiger partial charge is 0.317 e. The first-order valence-electron chi connectivity index (χ1n) is 8.16. The van der Waals surface area contributed by atoms with E-state index in [0.717, 1.165) is 23.4 Å². The zero-order valence-corrected chi connectivity index (χ0v) is 15.5. The number of amides is 1. The van der Waals surface area contributed by atoms with E-state index < -0.39 is 5.97 Å². The van der Waals surface area contributed by atoms with E-state index in [-0.39, 0.29) is 12.5 Å². The van der Waals surface area contributed by atoms with Crippen molar-refractivity contribution < 1.29 is 14.7 Å². The molecule has 1 heterocycles. The van der Waals surface area contributed by atoms with Gasteiger partial charge in [0.25, 0.3) is 0 Å². The molecule has 0 spiro atoms. The lowest BCUT2D eigenvalue weighted by Crippen LogP contribution is -2.30. The SMILES string of the molecule is CCCN(CC(=O)O)Cc1csc(N(C(C)=O)c2ccc(C)cc2)n1. The molecular weight excluding hydrogens is 338 g/mol. The first kappa shape index (κ1) is 19.1. The number of nitrogens with zero attached hydrogens (tertiary/aromatic N) is 3. The zero-order chi connectivity index (χ0) is 18.4. The highest BCUT2D eigenvalue weighted by molar-refractivity contribution is 7.14. The number of carbonyl (C=O) groups is 2. The van der Waals surface area contributed by atoms with Gasteiger partial charge in [-0.25, -0.2) is 4.98 Å². The van der Waals surface area contributed by atoms with Crippen LogP contribution in [0.15, 0.2) is 29.6 Å². The van der Waals surface area contributed by atoms with Crippen LogP contribution in [0.1, 0.15) is 31.5 Å². The zero-order valence-electron chi connectivity index (χ0n) is 14.7. The molecule has 134 valence electrons. The average Bonchev–Trinajstić information content (AvgIpc) is 2.96. The molecule has 0 fully saturated rings. The Balaban J connectivity index is 2.20. The lowest BCUT2D eigenvalue weighted by molar-refractivity contribution is -0.138. The molecule has 0 atom stereocenters. The van der Waals surface area contributed by atoms with Crippen LogP contribution < -0.4 is 4.90 Å². The van der Waals surface area contributed by atoms with E-state index in [4.69, 9.17) is 5.11 Å². The van der Waals surface area contributed by atoms with Crippen LogP contribution in [0.5, 0.6) is 0 Å². The average molecular weight is 361 g/mol. The Morgan fingerprint density at radius 2 is 1.92 bits per heavy atom. The van der Waals surface area contributed by atoms with Gasteiger partial charge in [0.15, 0.2) is 5.13 Å². The number of carboxylic acid groups (broad SMARTS) is 1. The lowest BCUT2D eigenvalue weighted by atomic mass is 10.2. The third-order valence-electron chi connectivity index (χ3n) is 3.62. The molecule has 6 nitrogen and oxygen atoms in total. The number of carboxylic acids is 1. The fourth-order valence-electron chi connectivity index (χ4n) is 2.54. The van der Waals surface area contributed by atoms with E-state index in [1.165, 1.54) is 18.3 Å². The number of thiazole rings is 1. The van der Waals surface area contributed by atoms with Crippen molar-refractivity contribution in [3.05, 3.63) is 40.9 Å². The number of hydrogen-bond acceptors (Lipinski definition) is 5. The normalized spacial score (nSPS) is 10.9. The van der Waals surface area contributed by atoms with E-state index in [9.17, 15) is 9.59 Å². The maximum atomic E-state index is 12.1. The highest BCUT2D eigenvalue weighted by Crippen LogP contribution is 2.29. The minimum Gasteiger partial charge on any atom is -0.480 e. The van der Waals surface area contributed by atoms with Crippen LogP contribution >= 0.6 is 11.3 Å². The van der Waals surface area contributed by atoms with E-state index >= 15 is 0 Å². The number of benzene rings is 1. The second-order valence-electron chi connectivity index (χ2n) is 5.92. The van der Waals surface area contributed by atoms with Crippen molar-refractivity contribution in [1.82, 2.24) is 9.88 Å². The molecule has 2 rings (SSSR count). The predicted molar refractivity (Wildman–Crippen MR) is 99.3 cm³/mol. The summed E-state index contributed by atoms with van der Waals surface area (Å²) in [5.74, 6) is -0.963. The first-order chi connectivity index (χ1) is 11.9. The number of anilines is 2. The third kappa shape index (κ3) is 5.37. The number of aromatic nitrogens is 1. The van der Waals surface area contributed by atoms with E-state index in [0.29, 0.717) is 18.2 Å². The fourth-order valence-corrected chi connectivity index (χ4v) is 3.42. The summed E-state index contributed by atoms with van der Waals surface area (Å²) in [7, 11) is 0. The van der Waals surface area contributed by atoms with Crippen molar-refractivity contribution in [3.63, 3.8) is 0 Å².